The topological polar surface area (TPSA) is 66.8 Å². The van der Waals surface area contributed by atoms with E-state index in [-0.39, 0.29) is 11.9 Å². The van der Waals surface area contributed by atoms with Crippen molar-refractivity contribution < 1.29 is 19.7 Å². The van der Waals surface area contributed by atoms with Gasteiger partial charge in [0.2, 0.25) is 0 Å². The Morgan fingerprint density at radius 1 is 1.08 bits per heavy atom. The van der Waals surface area contributed by atoms with Gasteiger partial charge in [-0.25, -0.2) is 4.79 Å². The van der Waals surface area contributed by atoms with Crippen LogP contribution < -0.4 is 0 Å². The van der Waals surface area contributed by atoms with Crippen LogP contribution in [0.5, 0.6) is 0 Å². The Bertz CT molecular complexity index is 566. The average Bonchev–Trinajstić information content (AvgIpc) is 2.46. The van der Waals surface area contributed by atoms with Gasteiger partial charge in [-0.2, -0.15) is 0 Å². The molecule has 2 N–H and O–H groups in total. The van der Waals surface area contributed by atoms with Gasteiger partial charge >= 0.3 is 5.97 Å². The van der Waals surface area contributed by atoms with Crippen molar-refractivity contribution in [2.75, 3.05) is 0 Å². The zero-order valence-corrected chi connectivity index (χ0v) is 15.2. The molecule has 24 heavy (non-hydrogen) atoms. The Labute approximate surface area is 144 Å². The molecule has 1 aliphatic carbocycles. The van der Waals surface area contributed by atoms with Crippen LogP contribution in [-0.2, 0) is 9.53 Å². The molecule has 3 atom stereocenters. The first-order valence-electron chi connectivity index (χ1n) is 8.81. The second-order valence-corrected chi connectivity index (χ2v) is 7.92. The van der Waals surface area contributed by atoms with Crippen LogP contribution in [0.2, 0.25) is 0 Å². The number of aliphatic hydroxyl groups is 2. The first kappa shape index (κ1) is 18.9. The lowest BCUT2D eigenvalue weighted by Crippen LogP contribution is -2.43. The lowest BCUT2D eigenvalue weighted by molar-refractivity contribution is -0.159. The maximum atomic E-state index is 12.4. The highest BCUT2D eigenvalue weighted by Gasteiger charge is 2.40. The molecule has 0 aromatic carbocycles. The molecule has 2 bridgehead atoms. The summed E-state index contributed by atoms with van der Waals surface area (Å²) < 4.78 is 5.80. The molecule has 2 aliphatic heterocycles. The van der Waals surface area contributed by atoms with E-state index in [4.69, 9.17) is 4.74 Å². The summed E-state index contributed by atoms with van der Waals surface area (Å²) >= 11 is 0. The Balaban J connectivity index is 2.39. The number of rotatable bonds is 1. The van der Waals surface area contributed by atoms with E-state index in [1.165, 1.54) is 0 Å². The van der Waals surface area contributed by atoms with Gasteiger partial charge in [0, 0.05) is 5.57 Å². The molecule has 2 heterocycles. The molecule has 0 saturated carbocycles. The van der Waals surface area contributed by atoms with Crippen molar-refractivity contribution >= 4 is 5.97 Å². The van der Waals surface area contributed by atoms with Gasteiger partial charge in [-0.3, -0.25) is 0 Å². The van der Waals surface area contributed by atoms with E-state index in [9.17, 15) is 15.0 Å². The van der Waals surface area contributed by atoms with E-state index in [1.54, 1.807) is 26.0 Å². The van der Waals surface area contributed by atoms with Crippen LogP contribution in [-0.4, -0.2) is 33.0 Å². The van der Waals surface area contributed by atoms with Crippen LogP contribution in [0, 0.1) is 5.92 Å². The molecule has 4 heteroatoms. The minimum atomic E-state index is -1.05. The summed E-state index contributed by atoms with van der Waals surface area (Å²) in [6.45, 7) is 7.52. The van der Waals surface area contributed by atoms with Crippen LogP contribution >= 0.6 is 0 Å². The van der Waals surface area contributed by atoms with Gasteiger partial charge in [-0.05, 0) is 57.9 Å². The number of hydrogen-bond donors (Lipinski definition) is 2. The fourth-order valence-electron chi connectivity index (χ4n) is 3.18. The number of hydrogen-bond acceptors (Lipinski definition) is 4. The molecule has 3 aliphatic rings. The summed E-state index contributed by atoms with van der Waals surface area (Å²) in [5.41, 5.74) is -2.00. The molecule has 0 radical (unpaired) electrons. The van der Waals surface area contributed by atoms with Gasteiger partial charge in [-0.15, -0.1) is 0 Å². The van der Waals surface area contributed by atoms with E-state index in [0.29, 0.717) is 37.7 Å². The normalized spacial score (nSPS) is 42.8. The van der Waals surface area contributed by atoms with E-state index < -0.39 is 16.8 Å². The summed E-state index contributed by atoms with van der Waals surface area (Å²) in [4.78, 5) is 12.4. The summed E-state index contributed by atoms with van der Waals surface area (Å²) in [5, 5.41) is 20.9. The molecular formula is C20H30O4. The number of fused-ring (bicyclic) bond motifs is 9. The smallest absolute Gasteiger partial charge is 0.334 e. The second-order valence-electron chi connectivity index (χ2n) is 7.92. The van der Waals surface area contributed by atoms with Crippen molar-refractivity contribution in [3.8, 4) is 0 Å². The molecule has 4 nitrogen and oxygen atoms in total. The van der Waals surface area contributed by atoms with Crippen LogP contribution in [0.1, 0.15) is 59.8 Å². The van der Waals surface area contributed by atoms with E-state index in [0.717, 1.165) is 0 Å². The van der Waals surface area contributed by atoms with Crippen molar-refractivity contribution in [3.05, 3.63) is 36.0 Å². The third kappa shape index (κ3) is 4.58. The minimum Gasteiger partial charge on any atom is -0.451 e. The first-order valence-corrected chi connectivity index (χ1v) is 8.81. The first-order chi connectivity index (χ1) is 11.1. The molecule has 1 fully saturated rings. The molecule has 1 saturated heterocycles. The number of ether oxygens (including phenoxy) is 1. The monoisotopic (exact) mass is 334 g/mol. The highest BCUT2D eigenvalue weighted by atomic mass is 16.6. The SMILES string of the molecule is CC(C)[C@@]12/C=C/[C@@](C)(O)C/C=C/[C@](C)(O)CC/C=C(\CC1)C(=O)O2. The molecule has 134 valence electrons. The number of allylic oxidation sites excluding steroid dienone is 1. The van der Waals surface area contributed by atoms with E-state index in [1.807, 2.05) is 32.1 Å². The summed E-state index contributed by atoms with van der Waals surface area (Å²) in [6, 6.07) is 0. The maximum Gasteiger partial charge on any atom is 0.334 e. The zero-order valence-electron chi connectivity index (χ0n) is 15.2. The Kier molecular flexibility index (Phi) is 5.41. The number of carbonyl (C=O) groups is 1. The molecular weight excluding hydrogens is 304 g/mol. The lowest BCUT2D eigenvalue weighted by atomic mass is 9.80. The molecule has 0 unspecified atom stereocenters. The third-order valence-corrected chi connectivity index (χ3v) is 5.08. The highest BCUT2D eigenvalue weighted by molar-refractivity contribution is 5.89. The highest BCUT2D eigenvalue weighted by Crippen LogP contribution is 2.37. The fraction of sp³-hybridized carbons (Fsp3) is 0.650. The Morgan fingerprint density at radius 3 is 2.42 bits per heavy atom. The Morgan fingerprint density at radius 2 is 1.79 bits per heavy atom. The van der Waals surface area contributed by atoms with Gasteiger partial charge in [0.15, 0.2) is 0 Å². The second kappa shape index (κ2) is 6.85. The summed E-state index contributed by atoms with van der Waals surface area (Å²) in [6.07, 6.45) is 11.9. The molecule has 0 aromatic heterocycles. The number of carbonyl (C=O) groups excluding carboxylic acids is 1. The summed E-state index contributed by atoms with van der Waals surface area (Å²) in [7, 11) is 0. The predicted octanol–water partition coefficient (Wildman–Crippen LogP) is 3.44. The minimum absolute atomic E-state index is 0.124. The van der Waals surface area contributed by atoms with E-state index >= 15 is 0 Å². The third-order valence-electron chi connectivity index (χ3n) is 5.08. The van der Waals surface area contributed by atoms with Crippen LogP contribution in [0.4, 0.5) is 0 Å². The van der Waals surface area contributed by atoms with Crippen molar-refractivity contribution in [3.63, 3.8) is 0 Å². The predicted molar refractivity (Wildman–Crippen MR) is 94.4 cm³/mol. The van der Waals surface area contributed by atoms with Crippen molar-refractivity contribution in [1.29, 1.82) is 0 Å². The lowest BCUT2D eigenvalue weighted by Gasteiger charge is -2.39. The zero-order chi connectivity index (χ0) is 18.0. The van der Waals surface area contributed by atoms with Crippen LogP contribution in [0.15, 0.2) is 36.0 Å². The molecule has 0 amide bonds. The van der Waals surface area contributed by atoms with Crippen LogP contribution in [0.25, 0.3) is 0 Å². The molecule has 3 rings (SSSR count). The number of esters is 1. The Hall–Kier alpha value is -1.39. The quantitative estimate of drug-likeness (QED) is 0.569. The average molecular weight is 334 g/mol. The maximum absolute atomic E-state index is 12.4. The molecule has 0 spiro atoms. The van der Waals surface area contributed by atoms with Crippen molar-refractivity contribution in [1.82, 2.24) is 0 Å². The van der Waals surface area contributed by atoms with Gasteiger partial charge in [0.25, 0.3) is 0 Å². The van der Waals surface area contributed by atoms with Crippen molar-refractivity contribution in [2.24, 2.45) is 5.92 Å². The van der Waals surface area contributed by atoms with Gasteiger partial charge in [0.05, 0.1) is 11.2 Å². The van der Waals surface area contributed by atoms with E-state index in [2.05, 4.69) is 0 Å². The van der Waals surface area contributed by atoms with Crippen molar-refractivity contribution in [2.45, 2.75) is 76.6 Å². The largest absolute Gasteiger partial charge is 0.451 e. The van der Waals surface area contributed by atoms with Gasteiger partial charge in [0.1, 0.15) is 5.60 Å². The standard InChI is InChI=1S/C20H30O4/c1-15(2)20-12-8-16(17(21)24-20)7-5-9-18(3,22)10-6-11-19(4,23)13-14-20/h6-7,10,13-15,22-23H,5,8-9,11-12H2,1-4H3/b10-6+,14-13+,16-7+/t18-,19+,20+/m1/s1. The fourth-order valence-corrected chi connectivity index (χ4v) is 3.18. The summed E-state index contributed by atoms with van der Waals surface area (Å²) in [5.74, 6) is -0.161. The van der Waals surface area contributed by atoms with Crippen LogP contribution in [0.3, 0.4) is 0 Å². The van der Waals surface area contributed by atoms with Gasteiger partial charge < -0.3 is 14.9 Å². The van der Waals surface area contributed by atoms with Gasteiger partial charge in [-0.1, -0.05) is 38.2 Å². The molecule has 0 aromatic rings.